The van der Waals surface area contributed by atoms with Crippen LogP contribution in [0.3, 0.4) is 0 Å². The van der Waals surface area contributed by atoms with Gasteiger partial charge in [-0.3, -0.25) is 4.79 Å². The smallest absolute Gasteiger partial charge is 0.273 e. The van der Waals surface area contributed by atoms with Crippen LogP contribution in [0.4, 0.5) is 0 Å². The molecule has 2 heterocycles. The van der Waals surface area contributed by atoms with E-state index >= 15 is 0 Å². The van der Waals surface area contributed by atoms with Crippen LogP contribution in [0.15, 0.2) is 35.7 Å². The Kier molecular flexibility index (Phi) is 4.48. The van der Waals surface area contributed by atoms with Gasteiger partial charge in [0.1, 0.15) is 16.8 Å². The van der Waals surface area contributed by atoms with Gasteiger partial charge in [0.15, 0.2) is 0 Å². The maximum Gasteiger partial charge on any atom is 0.273 e. The number of aromatic nitrogens is 1. The first kappa shape index (κ1) is 16.1. The fourth-order valence-electron chi connectivity index (χ4n) is 2.72. The van der Waals surface area contributed by atoms with Crippen molar-refractivity contribution in [2.75, 3.05) is 13.2 Å². The third-order valence-electron chi connectivity index (χ3n) is 4.08. The van der Waals surface area contributed by atoms with E-state index in [0.29, 0.717) is 25.4 Å². The van der Waals surface area contributed by atoms with Crippen LogP contribution in [0, 0.1) is 0 Å². The Morgan fingerprint density at radius 1 is 1.43 bits per heavy atom. The summed E-state index contributed by atoms with van der Waals surface area (Å²) in [7, 11) is 0. The molecule has 6 heteroatoms. The summed E-state index contributed by atoms with van der Waals surface area (Å²) in [4.78, 5) is 19.1. The van der Waals surface area contributed by atoms with Crippen LogP contribution in [-0.2, 0) is 11.3 Å². The van der Waals surface area contributed by atoms with Crippen LogP contribution < -0.4 is 5.73 Å². The molecular weight excluding hydrogens is 310 g/mol. The molecule has 23 heavy (non-hydrogen) atoms. The summed E-state index contributed by atoms with van der Waals surface area (Å²) in [6, 6.07) is 10.0. The first-order valence-corrected chi connectivity index (χ1v) is 8.52. The molecule has 0 saturated carbocycles. The first-order chi connectivity index (χ1) is 11.0. The maximum atomic E-state index is 12.9. The molecule has 1 aliphatic heterocycles. The minimum absolute atomic E-state index is 0.0600. The number of hydrogen-bond donors (Lipinski definition) is 1. The standard InChI is InChI=1S/C17H21N3O2S/c1-17(2)11-22-14(12-6-4-3-5-7-12)9-20(17)16(21)13-10-23-15(8-18)19-13/h3-7,10,14H,8-9,11,18H2,1-2H3. The van der Waals surface area contributed by atoms with Crippen LogP contribution in [0.5, 0.6) is 0 Å². The number of carbonyl (C=O) groups excluding carboxylic acids is 1. The van der Waals surface area contributed by atoms with E-state index in [1.165, 1.54) is 11.3 Å². The molecule has 1 aliphatic rings. The third-order valence-corrected chi connectivity index (χ3v) is 4.95. The molecule has 1 unspecified atom stereocenters. The van der Waals surface area contributed by atoms with Crippen molar-refractivity contribution in [1.29, 1.82) is 0 Å². The Bertz CT molecular complexity index is 684. The molecular formula is C17H21N3O2S. The monoisotopic (exact) mass is 331 g/mol. The second-order valence-electron chi connectivity index (χ2n) is 6.27. The van der Waals surface area contributed by atoms with E-state index in [2.05, 4.69) is 4.98 Å². The average Bonchev–Trinajstić information content (AvgIpc) is 3.04. The highest BCUT2D eigenvalue weighted by atomic mass is 32.1. The van der Waals surface area contributed by atoms with E-state index in [9.17, 15) is 4.79 Å². The summed E-state index contributed by atoms with van der Waals surface area (Å²) < 4.78 is 5.99. The molecule has 122 valence electrons. The number of nitrogens with two attached hydrogens (primary N) is 1. The Labute approximate surface area is 140 Å². The molecule has 0 aliphatic carbocycles. The van der Waals surface area contributed by atoms with E-state index < -0.39 is 0 Å². The van der Waals surface area contributed by atoms with Crippen LogP contribution in [0.2, 0.25) is 0 Å². The summed E-state index contributed by atoms with van der Waals surface area (Å²) in [5.41, 5.74) is 6.78. The van der Waals surface area contributed by atoms with Gasteiger partial charge >= 0.3 is 0 Å². The lowest BCUT2D eigenvalue weighted by Gasteiger charge is -2.45. The van der Waals surface area contributed by atoms with Crippen molar-refractivity contribution in [3.63, 3.8) is 0 Å². The lowest BCUT2D eigenvalue weighted by molar-refractivity contribution is -0.0848. The van der Waals surface area contributed by atoms with Crippen molar-refractivity contribution in [2.45, 2.75) is 32.0 Å². The van der Waals surface area contributed by atoms with E-state index in [1.807, 2.05) is 49.1 Å². The van der Waals surface area contributed by atoms with E-state index in [1.54, 1.807) is 5.38 Å². The minimum Gasteiger partial charge on any atom is -0.369 e. The van der Waals surface area contributed by atoms with Gasteiger partial charge in [0.25, 0.3) is 5.91 Å². The molecule has 1 atom stereocenters. The molecule has 3 rings (SSSR count). The predicted octanol–water partition coefficient (Wildman–Crippen LogP) is 2.59. The normalized spacial score (nSPS) is 20.5. The molecule has 0 bridgehead atoms. The number of thiazole rings is 1. The van der Waals surface area contributed by atoms with Crippen molar-refractivity contribution in [2.24, 2.45) is 5.73 Å². The van der Waals surface area contributed by atoms with Gasteiger partial charge in [-0.05, 0) is 19.4 Å². The number of amides is 1. The van der Waals surface area contributed by atoms with E-state index in [4.69, 9.17) is 10.5 Å². The fourth-order valence-corrected chi connectivity index (χ4v) is 3.36. The van der Waals surface area contributed by atoms with Gasteiger partial charge in [0, 0.05) is 11.9 Å². The van der Waals surface area contributed by atoms with Gasteiger partial charge in [-0.25, -0.2) is 4.98 Å². The van der Waals surface area contributed by atoms with Crippen molar-refractivity contribution in [3.05, 3.63) is 52.0 Å². The molecule has 5 nitrogen and oxygen atoms in total. The summed E-state index contributed by atoms with van der Waals surface area (Å²) in [5, 5.41) is 2.56. The molecule has 0 spiro atoms. The Morgan fingerprint density at radius 2 is 2.17 bits per heavy atom. The fraction of sp³-hybridized carbons (Fsp3) is 0.412. The van der Waals surface area contributed by atoms with Crippen molar-refractivity contribution in [1.82, 2.24) is 9.88 Å². The molecule has 1 aromatic heterocycles. The first-order valence-electron chi connectivity index (χ1n) is 7.64. The molecule has 2 N–H and O–H groups in total. The summed E-state index contributed by atoms with van der Waals surface area (Å²) in [6.45, 7) is 5.40. The summed E-state index contributed by atoms with van der Waals surface area (Å²) in [6.07, 6.45) is -0.110. The van der Waals surface area contributed by atoms with Crippen molar-refractivity contribution in [3.8, 4) is 0 Å². The van der Waals surface area contributed by atoms with Crippen LogP contribution in [0.1, 0.15) is 41.0 Å². The number of nitrogens with zero attached hydrogens (tertiary/aromatic N) is 2. The van der Waals surface area contributed by atoms with Gasteiger partial charge in [-0.2, -0.15) is 0 Å². The van der Waals surface area contributed by atoms with Crippen LogP contribution in [-0.4, -0.2) is 34.5 Å². The molecule has 1 aromatic carbocycles. The lowest BCUT2D eigenvalue weighted by atomic mass is 9.97. The molecule has 0 radical (unpaired) electrons. The molecule has 1 fully saturated rings. The zero-order valence-electron chi connectivity index (χ0n) is 13.4. The van der Waals surface area contributed by atoms with Crippen molar-refractivity contribution < 1.29 is 9.53 Å². The second kappa shape index (κ2) is 6.39. The lowest BCUT2D eigenvalue weighted by Crippen LogP contribution is -2.56. The third kappa shape index (κ3) is 3.29. The average molecular weight is 331 g/mol. The number of benzene rings is 1. The van der Waals surface area contributed by atoms with E-state index in [0.717, 1.165) is 10.6 Å². The Morgan fingerprint density at radius 3 is 2.83 bits per heavy atom. The summed E-state index contributed by atoms with van der Waals surface area (Å²) >= 11 is 1.42. The quantitative estimate of drug-likeness (QED) is 0.938. The minimum atomic E-state index is -0.366. The highest BCUT2D eigenvalue weighted by Gasteiger charge is 2.39. The number of ether oxygens (including phenoxy) is 1. The Balaban J connectivity index is 1.84. The SMILES string of the molecule is CC1(C)COC(c2ccccc2)CN1C(=O)c1csc(CN)n1. The predicted molar refractivity (Wildman–Crippen MR) is 90.3 cm³/mol. The molecule has 1 saturated heterocycles. The largest absolute Gasteiger partial charge is 0.369 e. The van der Waals surface area contributed by atoms with Gasteiger partial charge in [-0.15, -0.1) is 11.3 Å². The zero-order chi connectivity index (χ0) is 16.4. The highest BCUT2D eigenvalue weighted by Crippen LogP contribution is 2.31. The Hall–Kier alpha value is -1.76. The van der Waals surface area contributed by atoms with E-state index in [-0.39, 0.29) is 17.6 Å². The zero-order valence-corrected chi connectivity index (χ0v) is 14.2. The number of hydrogen-bond acceptors (Lipinski definition) is 5. The molecule has 2 aromatic rings. The topological polar surface area (TPSA) is 68.5 Å². The van der Waals surface area contributed by atoms with Gasteiger partial charge in [0.2, 0.25) is 0 Å². The van der Waals surface area contributed by atoms with Crippen LogP contribution >= 0.6 is 11.3 Å². The van der Waals surface area contributed by atoms with Crippen LogP contribution in [0.25, 0.3) is 0 Å². The summed E-state index contributed by atoms with van der Waals surface area (Å²) in [5.74, 6) is -0.0600. The number of morpholine rings is 1. The molecule has 1 amide bonds. The van der Waals surface area contributed by atoms with Gasteiger partial charge in [0.05, 0.1) is 18.7 Å². The maximum absolute atomic E-state index is 12.9. The van der Waals surface area contributed by atoms with Gasteiger partial charge < -0.3 is 15.4 Å². The number of carbonyl (C=O) groups is 1. The van der Waals surface area contributed by atoms with Gasteiger partial charge in [-0.1, -0.05) is 30.3 Å². The highest BCUT2D eigenvalue weighted by molar-refractivity contribution is 7.09. The number of rotatable bonds is 3. The second-order valence-corrected chi connectivity index (χ2v) is 7.21. The van der Waals surface area contributed by atoms with Crippen molar-refractivity contribution >= 4 is 17.2 Å².